The molecule has 0 bridgehead atoms. The topological polar surface area (TPSA) is 42.0 Å². The van der Waals surface area contributed by atoms with Gasteiger partial charge in [0.25, 0.3) is 0 Å². The molecule has 1 atom stereocenters. The standard InChI is InChI=1S/C11H13ClN2OS/c1-11(5-3-7-16-11)10(15)14-9-8(12)4-2-6-13-9/h2,4,6H,3,5,7H2,1H3,(H,13,14,15). The van der Waals surface area contributed by atoms with Crippen LogP contribution in [-0.4, -0.2) is 21.4 Å². The third-order valence-corrected chi connectivity index (χ3v) is 4.51. The van der Waals surface area contributed by atoms with Crippen LogP contribution < -0.4 is 5.32 Å². The van der Waals surface area contributed by atoms with Gasteiger partial charge in [-0.2, -0.15) is 0 Å². The molecule has 1 N–H and O–H groups in total. The van der Waals surface area contributed by atoms with Gasteiger partial charge in [0, 0.05) is 6.20 Å². The lowest BCUT2D eigenvalue weighted by molar-refractivity contribution is -0.118. The second kappa shape index (κ2) is 4.63. The summed E-state index contributed by atoms with van der Waals surface area (Å²) in [5.41, 5.74) is 0. The highest BCUT2D eigenvalue weighted by Gasteiger charge is 2.37. The number of hydrogen-bond acceptors (Lipinski definition) is 3. The Bertz CT molecular complexity index is 405. The fraction of sp³-hybridized carbons (Fsp3) is 0.455. The summed E-state index contributed by atoms with van der Waals surface area (Å²) in [6.45, 7) is 1.97. The van der Waals surface area contributed by atoms with Crippen LogP contribution in [0.5, 0.6) is 0 Å². The van der Waals surface area contributed by atoms with Crippen LogP contribution >= 0.6 is 23.4 Å². The maximum atomic E-state index is 12.1. The lowest BCUT2D eigenvalue weighted by Gasteiger charge is -2.21. The minimum atomic E-state index is -0.332. The number of pyridine rings is 1. The van der Waals surface area contributed by atoms with Crippen molar-refractivity contribution in [3.63, 3.8) is 0 Å². The highest BCUT2D eigenvalue weighted by atomic mass is 35.5. The average Bonchev–Trinajstić information content (AvgIpc) is 2.70. The summed E-state index contributed by atoms with van der Waals surface area (Å²) in [6.07, 6.45) is 3.62. The Morgan fingerprint density at radius 3 is 3.12 bits per heavy atom. The third kappa shape index (κ3) is 2.33. The molecule has 2 heterocycles. The minimum Gasteiger partial charge on any atom is -0.308 e. The lowest BCUT2D eigenvalue weighted by atomic mass is 10.1. The van der Waals surface area contributed by atoms with E-state index in [1.807, 2.05) is 6.92 Å². The number of thioether (sulfide) groups is 1. The number of carbonyl (C=O) groups is 1. The van der Waals surface area contributed by atoms with E-state index in [0.717, 1.165) is 18.6 Å². The summed E-state index contributed by atoms with van der Waals surface area (Å²) in [7, 11) is 0. The molecule has 1 aliphatic rings. The van der Waals surface area contributed by atoms with Gasteiger partial charge >= 0.3 is 0 Å². The van der Waals surface area contributed by atoms with Gasteiger partial charge < -0.3 is 5.32 Å². The number of carbonyl (C=O) groups excluding carboxylic acids is 1. The molecule has 1 aromatic heterocycles. The first-order chi connectivity index (χ1) is 7.62. The molecule has 1 fully saturated rings. The van der Waals surface area contributed by atoms with Gasteiger partial charge in [0.2, 0.25) is 5.91 Å². The van der Waals surface area contributed by atoms with Crippen LogP contribution in [0.2, 0.25) is 5.02 Å². The van der Waals surface area contributed by atoms with Gasteiger partial charge in [0.1, 0.15) is 0 Å². The summed E-state index contributed by atoms with van der Waals surface area (Å²) in [5.74, 6) is 1.48. The monoisotopic (exact) mass is 256 g/mol. The predicted octanol–water partition coefficient (Wildman–Crippen LogP) is 2.96. The largest absolute Gasteiger partial charge is 0.308 e. The van der Waals surface area contributed by atoms with E-state index in [1.165, 1.54) is 0 Å². The highest BCUT2D eigenvalue weighted by Crippen LogP contribution is 2.38. The van der Waals surface area contributed by atoms with Crippen molar-refractivity contribution in [3.05, 3.63) is 23.4 Å². The van der Waals surface area contributed by atoms with E-state index < -0.39 is 0 Å². The van der Waals surface area contributed by atoms with Crippen molar-refractivity contribution in [2.75, 3.05) is 11.1 Å². The molecule has 16 heavy (non-hydrogen) atoms. The van der Waals surface area contributed by atoms with Crippen molar-refractivity contribution in [1.29, 1.82) is 0 Å². The van der Waals surface area contributed by atoms with E-state index in [4.69, 9.17) is 11.6 Å². The summed E-state index contributed by atoms with van der Waals surface area (Å²) in [6, 6.07) is 3.46. The maximum absolute atomic E-state index is 12.1. The first-order valence-electron chi connectivity index (χ1n) is 5.18. The smallest absolute Gasteiger partial charge is 0.241 e. The van der Waals surface area contributed by atoms with Crippen LogP contribution in [-0.2, 0) is 4.79 Å². The molecule has 0 aliphatic carbocycles. The molecule has 0 radical (unpaired) electrons. The van der Waals surface area contributed by atoms with Crippen LogP contribution in [0.1, 0.15) is 19.8 Å². The molecule has 1 saturated heterocycles. The van der Waals surface area contributed by atoms with E-state index in [2.05, 4.69) is 10.3 Å². The molecule has 1 aliphatic heterocycles. The molecule has 5 heteroatoms. The van der Waals surface area contributed by atoms with Crippen molar-refractivity contribution in [2.24, 2.45) is 0 Å². The fourth-order valence-electron chi connectivity index (χ4n) is 1.68. The molecule has 1 unspecified atom stereocenters. The van der Waals surface area contributed by atoms with E-state index in [-0.39, 0.29) is 10.7 Å². The molecule has 0 spiro atoms. The number of rotatable bonds is 2. The van der Waals surface area contributed by atoms with Gasteiger partial charge in [0.05, 0.1) is 9.77 Å². The molecule has 1 aromatic rings. The van der Waals surface area contributed by atoms with Crippen LogP contribution in [0.15, 0.2) is 18.3 Å². The van der Waals surface area contributed by atoms with E-state index in [1.54, 1.807) is 30.1 Å². The number of hydrogen-bond donors (Lipinski definition) is 1. The van der Waals surface area contributed by atoms with Crippen LogP contribution in [0.25, 0.3) is 0 Å². The van der Waals surface area contributed by atoms with Crippen molar-refractivity contribution < 1.29 is 4.79 Å². The highest BCUT2D eigenvalue weighted by molar-refractivity contribution is 8.01. The van der Waals surface area contributed by atoms with Crippen molar-refractivity contribution >= 4 is 35.1 Å². The van der Waals surface area contributed by atoms with Gasteiger partial charge in [0.15, 0.2) is 5.82 Å². The quantitative estimate of drug-likeness (QED) is 0.885. The Kier molecular flexibility index (Phi) is 3.40. The van der Waals surface area contributed by atoms with Gasteiger partial charge in [-0.3, -0.25) is 4.79 Å². The minimum absolute atomic E-state index is 0.00407. The van der Waals surface area contributed by atoms with Gasteiger partial charge in [-0.1, -0.05) is 11.6 Å². The summed E-state index contributed by atoms with van der Waals surface area (Å²) >= 11 is 7.63. The third-order valence-electron chi connectivity index (χ3n) is 2.69. The van der Waals surface area contributed by atoms with Crippen LogP contribution in [0.4, 0.5) is 5.82 Å². The number of nitrogens with zero attached hydrogens (tertiary/aromatic N) is 1. The average molecular weight is 257 g/mol. The number of nitrogens with one attached hydrogen (secondary N) is 1. The molecular formula is C11H13ClN2OS. The second-order valence-corrected chi connectivity index (χ2v) is 5.98. The van der Waals surface area contributed by atoms with E-state index >= 15 is 0 Å². The number of aromatic nitrogens is 1. The first-order valence-corrected chi connectivity index (χ1v) is 6.54. The van der Waals surface area contributed by atoms with Crippen LogP contribution in [0, 0.1) is 0 Å². The van der Waals surface area contributed by atoms with Crippen molar-refractivity contribution in [1.82, 2.24) is 4.98 Å². The predicted molar refractivity (Wildman–Crippen MR) is 68.0 cm³/mol. The number of anilines is 1. The number of halogens is 1. The SMILES string of the molecule is CC1(C(=O)Nc2ncccc2Cl)CCCS1. The molecule has 0 aromatic carbocycles. The van der Waals surface area contributed by atoms with Crippen molar-refractivity contribution in [2.45, 2.75) is 24.5 Å². The second-order valence-electron chi connectivity index (χ2n) is 3.97. The van der Waals surface area contributed by atoms with Gasteiger partial charge in [-0.25, -0.2) is 4.98 Å². The van der Waals surface area contributed by atoms with Gasteiger partial charge in [-0.15, -0.1) is 11.8 Å². The molecule has 86 valence electrons. The van der Waals surface area contributed by atoms with E-state index in [0.29, 0.717) is 10.8 Å². The van der Waals surface area contributed by atoms with Crippen LogP contribution in [0.3, 0.4) is 0 Å². The Balaban J connectivity index is 2.10. The molecule has 3 nitrogen and oxygen atoms in total. The molecular weight excluding hydrogens is 244 g/mol. The first kappa shape index (κ1) is 11.7. The Hall–Kier alpha value is -0.740. The van der Waals surface area contributed by atoms with E-state index in [9.17, 15) is 4.79 Å². The summed E-state index contributed by atoms with van der Waals surface area (Å²) < 4.78 is -0.332. The number of amides is 1. The zero-order valence-corrected chi connectivity index (χ0v) is 10.6. The maximum Gasteiger partial charge on any atom is 0.241 e. The fourth-order valence-corrected chi connectivity index (χ4v) is 3.05. The Morgan fingerprint density at radius 1 is 1.69 bits per heavy atom. The lowest BCUT2D eigenvalue weighted by Crippen LogP contribution is -2.35. The molecule has 2 rings (SSSR count). The Labute approximate surface area is 104 Å². The molecule has 0 saturated carbocycles. The van der Waals surface area contributed by atoms with Gasteiger partial charge in [-0.05, 0) is 37.7 Å². The zero-order valence-electron chi connectivity index (χ0n) is 9.00. The summed E-state index contributed by atoms with van der Waals surface area (Å²) in [4.78, 5) is 16.1. The van der Waals surface area contributed by atoms with Crippen molar-refractivity contribution in [3.8, 4) is 0 Å². The zero-order chi connectivity index (χ0) is 11.6. The Morgan fingerprint density at radius 2 is 2.50 bits per heavy atom. The molecule has 1 amide bonds. The summed E-state index contributed by atoms with van der Waals surface area (Å²) in [5, 5.41) is 3.26. The normalized spacial score (nSPS) is 24.4.